The minimum atomic E-state index is 0.276. The highest BCUT2D eigenvalue weighted by molar-refractivity contribution is 14.2. The summed E-state index contributed by atoms with van der Waals surface area (Å²) in [6, 6.07) is 6.83. The highest BCUT2D eigenvalue weighted by Gasteiger charge is 1.86. The standard InChI is InChI=1S/C8H5IOS.C2H6/c9-11-6-5-7-1-3-8(10)4-2-7;1-2/h1-4,10H;1-2H3. The Morgan fingerprint density at radius 3 is 2.23 bits per heavy atom. The van der Waals surface area contributed by atoms with Gasteiger partial charge in [-0.25, -0.2) is 0 Å². The SMILES string of the molecule is CC.Oc1ccc(C#CSI)cc1. The number of hydrogen-bond acceptors (Lipinski definition) is 2. The first-order valence-electron chi connectivity index (χ1n) is 3.90. The fourth-order valence-electron chi connectivity index (χ4n) is 0.623. The molecule has 0 aliphatic heterocycles. The molecule has 0 radical (unpaired) electrons. The van der Waals surface area contributed by atoms with Gasteiger partial charge in [0, 0.05) is 26.8 Å². The van der Waals surface area contributed by atoms with Gasteiger partial charge in [-0.2, -0.15) is 0 Å². The number of hydrogen-bond donors (Lipinski definition) is 1. The van der Waals surface area contributed by atoms with Gasteiger partial charge < -0.3 is 5.11 Å². The lowest BCUT2D eigenvalue weighted by Crippen LogP contribution is -1.70. The van der Waals surface area contributed by atoms with Gasteiger partial charge in [0.05, 0.1) is 0 Å². The maximum absolute atomic E-state index is 8.93. The molecule has 3 heteroatoms. The lowest BCUT2D eigenvalue weighted by atomic mass is 10.2. The molecule has 0 saturated carbocycles. The van der Waals surface area contributed by atoms with E-state index in [9.17, 15) is 0 Å². The summed E-state index contributed by atoms with van der Waals surface area (Å²) in [5.41, 5.74) is 0.923. The molecule has 1 N–H and O–H groups in total. The number of halogens is 1. The summed E-state index contributed by atoms with van der Waals surface area (Å²) in [6.07, 6.45) is 0. The highest BCUT2D eigenvalue weighted by atomic mass is 127. The summed E-state index contributed by atoms with van der Waals surface area (Å²) in [5, 5.41) is 11.8. The van der Waals surface area contributed by atoms with Crippen molar-refractivity contribution in [1.82, 2.24) is 0 Å². The molecule has 0 spiro atoms. The molecule has 0 heterocycles. The Hall–Kier alpha value is -0.340. The number of aromatic hydroxyl groups is 1. The van der Waals surface area contributed by atoms with E-state index in [4.69, 9.17) is 5.11 Å². The van der Waals surface area contributed by atoms with E-state index in [0.29, 0.717) is 0 Å². The van der Waals surface area contributed by atoms with Gasteiger partial charge in [0.1, 0.15) is 5.75 Å². The average molecular weight is 306 g/mol. The minimum absolute atomic E-state index is 0.276. The van der Waals surface area contributed by atoms with Crippen LogP contribution >= 0.6 is 30.1 Å². The fraction of sp³-hybridized carbons (Fsp3) is 0.200. The molecule has 1 nitrogen and oxygen atoms in total. The maximum Gasteiger partial charge on any atom is 0.115 e. The van der Waals surface area contributed by atoms with Crippen molar-refractivity contribution in [1.29, 1.82) is 0 Å². The fourth-order valence-corrected chi connectivity index (χ4v) is 1.11. The minimum Gasteiger partial charge on any atom is -0.508 e. The maximum atomic E-state index is 8.93. The molecule has 0 saturated heterocycles. The van der Waals surface area contributed by atoms with E-state index >= 15 is 0 Å². The van der Waals surface area contributed by atoms with Crippen LogP contribution in [0.2, 0.25) is 0 Å². The molecule has 1 rings (SSSR count). The summed E-state index contributed by atoms with van der Waals surface area (Å²) in [5.74, 6) is 3.19. The van der Waals surface area contributed by atoms with Gasteiger partial charge in [-0.3, -0.25) is 0 Å². The second-order valence-corrected chi connectivity index (χ2v) is 3.53. The molecule has 0 aliphatic rings. The van der Waals surface area contributed by atoms with Crippen LogP contribution in [0.25, 0.3) is 0 Å². The lowest BCUT2D eigenvalue weighted by molar-refractivity contribution is 0.475. The molecule has 1 aromatic rings. The third-order valence-corrected chi connectivity index (χ3v) is 1.94. The number of benzene rings is 1. The van der Waals surface area contributed by atoms with Gasteiger partial charge in [-0.05, 0) is 38.5 Å². The number of phenols is 1. The molecule has 70 valence electrons. The zero-order valence-corrected chi connectivity index (χ0v) is 10.5. The largest absolute Gasteiger partial charge is 0.508 e. The molecule has 0 aromatic heterocycles. The molecule has 0 fully saturated rings. The summed E-state index contributed by atoms with van der Waals surface area (Å²) in [4.78, 5) is 0. The second kappa shape index (κ2) is 8.27. The molecule has 0 amide bonds. The Labute approximate surface area is 95.5 Å². The summed E-state index contributed by atoms with van der Waals surface area (Å²) < 4.78 is 0. The van der Waals surface area contributed by atoms with Crippen molar-refractivity contribution < 1.29 is 5.11 Å². The number of rotatable bonds is 0. The van der Waals surface area contributed by atoms with E-state index < -0.39 is 0 Å². The molecular formula is C10H11IOS. The van der Waals surface area contributed by atoms with E-state index in [1.807, 2.05) is 13.8 Å². The van der Waals surface area contributed by atoms with Gasteiger partial charge in [0.2, 0.25) is 0 Å². The molecule has 1 aromatic carbocycles. The number of phenolic OH excluding ortho intramolecular Hbond substituents is 1. The molecule has 0 aliphatic carbocycles. The summed E-state index contributed by atoms with van der Waals surface area (Å²) in [7, 11) is 1.45. The van der Waals surface area contributed by atoms with E-state index in [-0.39, 0.29) is 5.75 Å². The van der Waals surface area contributed by atoms with Gasteiger partial charge in [0.15, 0.2) is 0 Å². The van der Waals surface area contributed by atoms with Gasteiger partial charge in [-0.15, -0.1) is 0 Å². The van der Waals surface area contributed by atoms with Crippen molar-refractivity contribution in [2.24, 2.45) is 0 Å². The normalized spacial score (nSPS) is 7.62. The van der Waals surface area contributed by atoms with Crippen LogP contribution in [0.5, 0.6) is 5.75 Å². The van der Waals surface area contributed by atoms with E-state index in [2.05, 4.69) is 32.4 Å². The molecule has 0 bridgehead atoms. The third-order valence-electron chi connectivity index (χ3n) is 1.10. The smallest absolute Gasteiger partial charge is 0.115 e. The van der Waals surface area contributed by atoms with Gasteiger partial charge in [0.25, 0.3) is 0 Å². The monoisotopic (exact) mass is 306 g/mol. The first-order chi connectivity index (χ1) is 6.33. The van der Waals surface area contributed by atoms with Gasteiger partial charge in [-0.1, -0.05) is 19.8 Å². The molecule has 13 heavy (non-hydrogen) atoms. The Kier molecular flexibility index (Phi) is 8.05. The van der Waals surface area contributed by atoms with Crippen molar-refractivity contribution in [3.63, 3.8) is 0 Å². The van der Waals surface area contributed by atoms with E-state index in [1.165, 1.54) is 8.93 Å². The van der Waals surface area contributed by atoms with Crippen LogP contribution in [0.4, 0.5) is 0 Å². The predicted octanol–water partition coefficient (Wildman–Crippen LogP) is 3.81. The molecule has 0 unspecified atom stereocenters. The Balaban J connectivity index is 0.000000671. The Bertz CT molecular complexity index is 284. The highest BCUT2D eigenvalue weighted by Crippen LogP contribution is 2.10. The van der Waals surface area contributed by atoms with Crippen LogP contribution in [0.15, 0.2) is 24.3 Å². The van der Waals surface area contributed by atoms with Crippen LogP contribution in [0, 0.1) is 11.2 Å². The average Bonchev–Trinajstić information content (AvgIpc) is 2.20. The van der Waals surface area contributed by atoms with Crippen LogP contribution in [0.1, 0.15) is 19.4 Å². The quantitative estimate of drug-likeness (QED) is 0.581. The van der Waals surface area contributed by atoms with Crippen molar-refractivity contribution in [2.75, 3.05) is 0 Å². The zero-order chi connectivity index (χ0) is 10.1. The van der Waals surface area contributed by atoms with Gasteiger partial charge >= 0.3 is 0 Å². The molecule has 0 atom stereocenters. The second-order valence-electron chi connectivity index (χ2n) is 1.85. The third kappa shape index (κ3) is 5.83. The van der Waals surface area contributed by atoms with E-state index in [0.717, 1.165) is 5.56 Å². The predicted molar refractivity (Wildman–Crippen MR) is 67.9 cm³/mol. The van der Waals surface area contributed by atoms with Crippen LogP contribution in [0.3, 0.4) is 0 Å². The van der Waals surface area contributed by atoms with Crippen molar-refractivity contribution >= 4 is 30.1 Å². The topological polar surface area (TPSA) is 20.2 Å². The van der Waals surface area contributed by atoms with Crippen LogP contribution in [-0.2, 0) is 0 Å². The zero-order valence-electron chi connectivity index (χ0n) is 7.54. The first kappa shape index (κ1) is 12.7. The lowest BCUT2D eigenvalue weighted by Gasteiger charge is -1.89. The first-order valence-corrected chi connectivity index (χ1v) is 7.26. The molecular weight excluding hydrogens is 295 g/mol. The Morgan fingerprint density at radius 2 is 1.77 bits per heavy atom. The summed E-state index contributed by atoms with van der Waals surface area (Å²) in [6.45, 7) is 4.00. The van der Waals surface area contributed by atoms with E-state index in [1.54, 1.807) is 24.3 Å². The van der Waals surface area contributed by atoms with Crippen molar-refractivity contribution in [3.05, 3.63) is 29.8 Å². The van der Waals surface area contributed by atoms with Crippen LogP contribution in [-0.4, -0.2) is 5.11 Å². The van der Waals surface area contributed by atoms with Crippen LogP contribution < -0.4 is 0 Å². The Morgan fingerprint density at radius 1 is 1.23 bits per heavy atom. The van der Waals surface area contributed by atoms with Crippen molar-refractivity contribution in [2.45, 2.75) is 13.8 Å². The van der Waals surface area contributed by atoms with Crippen molar-refractivity contribution in [3.8, 4) is 16.9 Å². The summed E-state index contributed by atoms with van der Waals surface area (Å²) >= 11 is 2.11.